The number of hydrogen-bond donors (Lipinski definition) is 0. The van der Waals surface area contributed by atoms with Gasteiger partial charge in [-0.15, -0.1) is 0 Å². The fourth-order valence-electron chi connectivity index (χ4n) is 1.24. The van der Waals surface area contributed by atoms with E-state index >= 15 is 0 Å². The number of alkyl halides is 3. The van der Waals surface area contributed by atoms with Gasteiger partial charge in [0.15, 0.2) is 0 Å². The van der Waals surface area contributed by atoms with Gasteiger partial charge in [0.25, 0.3) is 0 Å². The predicted octanol–water partition coefficient (Wildman–Crippen LogP) is 3.85. The molecule has 0 bridgehead atoms. The zero-order valence-electron chi connectivity index (χ0n) is 7.78. The van der Waals surface area contributed by atoms with Gasteiger partial charge < -0.3 is 0 Å². The Morgan fingerprint density at radius 2 is 2.08 bits per heavy atom. The van der Waals surface area contributed by atoms with Gasteiger partial charge >= 0.3 is 6.18 Å². The molecule has 0 aromatic carbocycles. The molecule has 1 unspecified atom stereocenters. The summed E-state index contributed by atoms with van der Waals surface area (Å²) in [5, 5.41) is 0. The molecule has 1 rings (SSSR count). The monoisotopic (exact) mass is 190 g/mol. The Hall–Kier alpha value is -0.730. The summed E-state index contributed by atoms with van der Waals surface area (Å²) in [6.07, 6.45) is 1.25. The van der Waals surface area contributed by atoms with Crippen LogP contribution < -0.4 is 0 Å². The number of halogens is 3. The first-order chi connectivity index (χ1) is 5.89. The third kappa shape index (κ3) is 1.95. The van der Waals surface area contributed by atoms with E-state index in [-0.39, 0.29) is 6.42 Å². The second-order valence-electron chi connectivity index (χ2n) is 3.59. The minimum atomic E-state index is -4.14. The molecule has 3 heteroatoms. The molecular weight excluding hydrogens is 177 g/mol. The van der Waals surface area contributed by atoms with E-state index in [0.717, 1.165) is 12.0 Å². The van der Waals surface area contributed by atoms with Crippen LogP contribution in [0.4, 0.5) is 13.2 Å². The highest BCUT2D eigenvalue weighted by Gasteiger charge is 2.48. The molecular formula is C10H13F3. The summed E-state index contributed by atoms with van der Waals surface area (Å²) in [6.45, 7) is 3.17. The summed E-state index contributed by atoms with van der Waals surface area (Å²) >= 11 is 0. The van der Waals surface area contributed by atoms with Crippen molar-refractivity contribution in [3.05, 3.63) is 23.8 Å². The Bertz CT molecular complexity index is 247. The quantitative estimate of drug-likeness (QED) is 0.589. The Morgan fingerprint density at radius 1 is 1.46 bits per heavy atom. The predicted molar refractivity (Wildman–Crippen MR) is 46.3 cm³/mol. The zero-order chi connectivity index (χ0) is 10.1. The van der Waals surface area contributed by atoms with Crippen LogP contribution in [0.1, 0.15) is 26.7 Å². The molecule has 0 aliphatic heterocycles. The second-order valence-corrected chi connectivity index (χ2v) is 3.59. The Balaban J connectivity index is 2.81. The van der Waals surface area contributed by atoms with Gasteiger partial charge in [0.2, 0.25) is 0 Å². The summed E-state index contributed by atoms with van der Waals surface area (Å²) in [5.41, 5.74) is -0.673. The summed E-state index contributed by atoms with van der Waals surface area (Å²) < 4.78 is 37.4. The normalized spacial score (nSPS) is 28.8. The van der Waals surface area contributed by atoms with Crippen molar-refractivity contribution in [2.75, 3.05) is 0 Å². The molecule has 0 heterocycles. The molecule has 1 aliphatic rings. The van der Waals surface area contributed by atoms with E-state index in [1.165, 1.54) is 13.0 Å². The lowest BCUT2D eigenvalue weighted by Gasteiger charge is -2.30. The van der Waals surface area contributed by atoms with E-state index in [4.69, 9.17) is 0 Å². The van der Waals surface area contributed by atoms with E-state index in [1.807, 2.05) is 6.92 Å². The zero-order valence-corrected chi connectivity index (χ0v) is 7.78. The van der Waals surface area contributed by atoms with Crippen molar-refractivity contribution in [2.45, 2.75) is 32.9 Å². The van der Waals surface area contributed by atoms with Crippen LogP contribution in [0.3, 0.4) is 0 Å². The standard InChI is InChI=1S/C10H13F3/c1-3-8-4-6-9(2,7-5-8)10(11,12)13/h4-6H,3,7H2,1-2H3. The van der Waals surface area contributed by atoms with Crippen LogP contribution in [0, 0.1) is 5.41 Å². The van der Waals surface area contributed by atoms with Crippen LogP contribution in [-0.2, 0) is 0 Å². The van der Waals surface area contributed by atoms with Crippen LogP contribution in [0.25, 0.3) is 0 Å². The average Bonchev–Trinajstić information content (AvgIpc) is 2.04. The van der Waals surface area contributed by atoms with Gasteiger partial charge in [-0.2, -0.15) is 13.2 Å². The molecule has 1 aliphatic carbocycles. The van der Waals surface area contributed by atoms with Gasteiger partial charge in [-0.25, -0.2) is 0 Å². The molecule has 0 aromatic heterocycles. The van der Waals surface area contributed by atoms with Gasteiger partial charge in [0.1, 0.15) is 0 Å². The number of allylic oxidation sites excluding steroid dienone is 4. The van der Waals surface area contributed by atoms with Crippen molar-refractivity contribution in [1.82, 2.24) is 0 Å². The molecule has 0 aromatic rings. The van der Waals surface area contributed by atoms with Crippen LogP contribution in [0.5, 0.6) is 0 Å². The highest BCUT2D eigenvalue weighted by atomic mass is 19.4. The maximum atomic E-state index is 12.5. The van der Waals surface area contributed by atoms with Gasteiger partial charge in [0.05, 0.1) is 5.41 Å². The first kappa shape index (κ1) is 10.4. The van der Waals surface area contributed by atoms with Crippen molar-refractivity contribution < 1.29 is 13.2 Å². The molecule has 74 valence electrons. The molecule has 0 amide bonds. The molecule has 0 saturated heterocycles. The lowest BCUT2D eigenvalue weighted by molar-refractivity contribution is -0.199. The minimum Gasteiger partial charge on any atom is -0.170 e. The lowest BCUT2D eigenvalue weighted by Crippen LogP contribution is -2.33. The van der Waals surface area contributed by atoms with Crippen molar-refractivity contribution in [3.8, 4) is 0 Å². The Labute approximate surface area is 76.1 Å². The number of hydrogen-bond acceptors (Lipinski definition) is 0. The lowest BCUT2D eigenvalue weighted by atomic mass is 9.81. The van der Waals surface area contributed by atoms with Gasteiger partial charge in [-0.3, -0.25) is 0 Å². The van der Waals surface area contributed by atoms with Gasteiger partial charge in [-0.1, -0.05) is 30.7 Å². The maximum absolute atomic E-state index is 12.5. The SMILES string of the molecule is CCC1=CCC(C)(C(F)(F)F)C=C1. The fraction of sp³-hybridized carbons (Fsp3) is 0.600. The number of rotatable bonds is 1. The summed E-state index contributed by atoms with van der Waals surface area (Å²) in [4.78, 5) is 0. The highest BCUT2D eigenvalue weighted by molar-refractivity contribution is 5.26. The first-order valence-corrected chi connectivity index (χ1v) is 4.34. The molecule has 0 N–H and O–H groups in total. The molecule has 0 nitrogen and oxygen atoms in total. The van der Waals surface area contributed by atoms with E-state index in [1.54, 1.807) is 12.2 Å². The van der Waals surface area contributed by atoms with Crippen molar-refractivity contribution in [2.24, 2.45) is 5.41 Å². The van der Waals surface area contributed by atoms with Crippen molar-refractivity contribution in [1.29, 1.82) is 0 Å². The van der Waals surface area contributed by atoms with Crippen molar-refractivity contribution in [3.63, 3.8) is 0 Å². The second kappa shape index (κ2) is 3.20. The highest BCUT2D eigenvalue weighted by Crippen LogP contribution is 2.44. The van der Waals surface area contributed by atoms with Crippen LogP contribution in [0.2, 0.25) is 0 Å². The smallest absolute Gasteiger partial charge is 0.170 e. The summed E-state index contributed by atoms with van der Waals surface area (Å²) in [7, 11) is 0. The Kier molecular flexibility index (Phi) is 2.55. The molecule has 0 radical (unpaired) electrons. The molecule has 0 spiro atoms. The molecule has 0 saturated carbocycles. The van der Waals surface area contributed by atoms with Crippen LogP contribution >= 0.6 is 0 Å². The van der Waals surface area contributed by atoms with Crippen LogP contribution in [0.15, 0.2) is 23.8 Å². The molecule has 0 fully saturated rings. The first-order valence-electron chi connectivity index (χ1n) is 4.34. The molecule has 1 atom stereocenters. The van der Waals surface area contributed by atoms with E-state index in [0.29, 0.717) is 0 Å². The van der Waals surface area contributed by atoms with Crippen LogP contribution in [-0.4, -0.2) is 6.18 Å². The fourth-order valence-corrected chi connectivity index (χ4v) is 1.24. The third-order valence-corrected chi connectivity index (χ3v) is 2.51. The minimum absolute atomic E-state index is 0.0656. The van der Waals surface area contributed by atoms with Gasteiger partial charge in [0, 0.05) is 0 Å². The molecule has 13 heavy (non-hydrogen) atoms. The van der Waals surface area contributed by atoms with Crippen molar-refractivity contribution >= 4 is 0 Å². The van der Waals surface area contributed by atoms with E-state index in [2.05, 4.69) is 0 Å². The van der Waals surface area contributed by atoms with E-state index in [9.17, 15) is 13.2 Å². The largest absolute Gasteiger partial charge is 0.397 e. The topological polar surface area (TPSA) is 0 Å². The third-order valence-electron chi connectivity index (χ3n) is 2.51. The van der Waals surface area contributed by atoms with E-state index < -0.39 is 11.6 Å². The van der Waals surface area contributed by atoms with Gasteiger partial charge in [-0.05, 0) is 19.8 Å². The maximum Gasteiger partial charge on any atom is 0.397 e. The summed E-state index contributed by atoms with van der Waals surface area (Å²) in [5.74, 6) is 0. The Morgan fingerprint density at radius 3 is 2.38 bits per heavy atom. The average molecular weight is 190 g/mol. The summed E-state index contributed by atoms with van der Waals surface area (Å²) in [6, 6.07) is 0.